The Labute approximate surface area is 297 Å². The molecule has 0 amide bonds. The highest BCUT2D eigenvalue weighted by Crippen LogP contribution is 2.62. The summed E-state index contributed by atoms with van der Waals surface area (Å²) in [6, 6.07) is 56.7. The Kier molecular flexibility index (Phi) is 6.02. The maximum atomic E-state index is 5.42. The lowest BCUT2D eigenvalue weighted by Crippen LogP contribution is -2.60. The molecule has 0 saturated heterocycles. The molecule has 0 aliphatic carbocycles. The van der Waals surface area contributed by atoms with Gasteiger partial charge in [0, 0.05) is 34.5 Å². The lowest BCUT2D eigenvalue weighted by atomic mass is 9.71. The van der Waals surface area contributed by atoms with Crippen LogP contribution in [-0.4, -0.2) is 22.3 Å². The maximum Gasteiger partial charge on any atom is 0.179 e. The van der Waals surface area contributed by atoms with Crippen molar-refractivity contribution in [2.24, 2.45) is 5.92 Å². The van der Waals surface area contributed by atoms with Crippen molar-refractivity contribution < 1.29 is 0 Å². The third kappa shape index (κ3) is 3.99. The Balaban J connectivity index is 1.26. The van der Waals surface area contributed by atoms with Crippen LogP contribution >= 0.6 is 0 Å². The van der Waals surface area contributed by atoms with Crippen LogP contribution in [0.5, 0.6) is 0 Å². The van der Waals surface area contributed by atoms with E-state index < -0.39 is 0 Å². The molecule has 5 heterocycles. The van der Waals surface area contributed by atoms with Gasteiger partial charge in [-0.1, -0.05) is 104 Å². The molecule has 4 unspecified atom stereocenters. The van der Waals surface area contributed by atoms with Crippen molar-refractivity contribution in [3.63, 3.8) is 0 Å². The van der Waals surface area contributed by atoms with Gasteiger partial charge in [0.2, 0.25) is 0 Å². The van der Waals surface area contributed by atoms with E-state index in [0.717, 1.165) is 40.4 Å². The summed E-state index contributed by atoms with van der Waals surface area (Å²) in [6.07, 6.45) is 0.582. The zero-order valence-electron chi connectivity index (χ0n) is 27.9. The van der Waals surface area contributed by atoms with Crippen molar-refractivity contribution in [3.8, 4) is 0 Å². The van der Waals surface area contributed by atoms with E-state index in [-0.39, 0.29) is 24.2 Å². The highest BCUT2D eigenvalue weighted by molar-refractivity contribution is 5.95. The first-order chi connectivity index (χ1) is 25.3. The minimum Gasteiger partial charge on any atom is -0.318 e. The molecular weight excluding hydrogens is 625 g/mol. The lowest BCUT2D eigenvalue weighted by Gasteiger charge is -2.53. The van der Waals surface area contributed by atoms with E-state index >= 15 is 0 Å². The topological polar surface area (TPSA) is 38.7 Å². The Morgan fingerprint density at radius 1 is 0.451 bits per heavy atom. The van der Waals surface area contributed by atoms with Crippen molar-refractivity contribution in [1.82, 2.24) is 9.97 Å². The largest absolute Gasteiger partial charge is 0.318 e. The Morgan fingerprint density at radius 2 is 0.941 bits per heavy atom. The second kappa shape index (κ2) is 10.8. The normalized spacial score (nSPS) is 21.1. The fourth-order valence-electron chi connectivity index (χ4n) is 9.31. The first kappa shape index (κ1) is 28.4. The van der Waals surface area contributed by atoms with Crippen LogP contribution in [0.3, 0.4) is 0 Å². The fourth-order valence-corrected chi connectivity index (χ4v) is 9.31. The SMILES string of the molecule is C=C1CC2c3ccccc3N3c4nc5ccccc5nc4N(c4ccccc4)C3C2C2N(c3ccccc3)c3ccccc3N2c2ccccc21. The summed E-state index contributed by atoms with van der Waals surface area (Å²) in [5.41, 5.74) is 12.5. The molecule has 0 bridgehead atoms. The van der Waals surface area contributed by atoms with Gasteiger partial charge in [-0.15, -0.1) is 0 Å². The number of para-hydroxylation sites is 8. The second-order valence-electron chi connectivity index (χ2n) is 13.9. The minimum absolute atomic E-state index is 0.0249. The number of aromatic nitrogens is 2. The van der Waals surface area contributed by atoms with Gasteiger partial charge in [-0.05, 0) is 78.2 Å². The van der Waals surface area contributed by atoms with Crippen molar-refractivity contribution >= 4 is 62.4 Å². The highest BCUT2D eigenvalue weighted by Gasteiger charge is 2.58. The number of anilines is 8. The zero-order valence-corrected chi connectivity index (χ0v) is 27.9. The Morgan fingerprint density at radius 3 is 1.63 bits per heavy atom. The molecule has 1 aromatic heterocycles. The van der Waals surface area contributed by atoms with Crippen LogP contribution in [0.15, 0.2) is 164 Å². The third-order valence-corrected chi connectivity index (χ3v) is 11.3. The Hall–Kier alpha value is -6.40. The summed E-state index contributed by atoms with van der Waals surface area (Å²) in [7, 11) is 0. The number of fused-ring (bicyclic) bond motifs is 15. The van der Waals surface area contributed by atoms with E-state index in [1.165, 1.54) is 39.6 Å². The summed E-state index contributed by atoms with van der Waals surface area (Å²) < 4.78 is 0. The molecule has 6 heteroatoms. The van der Waals surface area contributed by atoms with Gasteiger partial charge in [0.1, 0.15) is 12.3 Å². The summed E-state index contributed by atoms with van der Waals surface area (Å²) in [5, 5.41) is 0. The number of hydrogen-bond acceptors (Lipinski definition) is 6. The summed E-state index contributed by atoms with van der Waals surface area (Å²) in [6.45, 7) is 4.82. The first-order valence-corrected chi connectivity index (χ1v) is 17.8. The van der Waals surface area contributed by atoms with E-state index in [0.29, 0.717) is 0 Å². The first-order valence-electron chi connectivity index (χ1n) is 17.8. The summed E-state index contributed by atoms with van der Waals surface area (Å²) in [4.78, 5) is 21.0. The molecule has 0 fully saturated rings. The van der Waals surface area contributed by atoms with Gasteiger partial charge in [0.05, 0.1) is 28.1 Å². The predicted molar refractivity (Wildman–Crippen MR) is 208 cm³/mol. The van der Waals surface area contributed by atoms with E-state index in [4.69, 9.17) is 16.5 Å². The van der Waals surface area contributed by atoms with Gasteiger partial charge in [-0.25, -0.2) is 9.97 Å². The van der Waals surface area contributed by atoms with E-state index in [1.54, 1.807) is 0 Å². The second-order valence-corrected chi connectivity index (χ2v) is 13.9. The van der Waals surface area contributed by atoms with E-state index in [2.05, 4.69) is 165 Å². The molecule has 7 aromatic rings. The molecule has 0 radical (unpaired) electrons. The summed E-state index contributed by atoms with van der Waals surface area (Å²) in [5.74, 6) is 1.93. The Bertz CT molecular complexity index is 2500. The van der Waals surface area contributed by atoms with Crippen LogP contribution < -0.4 is 19.6 Å². The van der Waals surface area contributed by atoms with Gasteiger partial charge in [0.25, 0.3) is 0 Å². The van der Waals surface area contributed by atoms with Gasteiger partial charge in [-0.2, -0.15) is 0 Å². The molecule has 0 spiro atoms. The van der Waals surface area contributed by atoms with Crippen LogP contribution in [0.1, 0.15) is 23.5 Å². The quantitative estimate of drug-likeness (QED) is 0.184. The molecule has 4 aliphatic heterocycles. The van der Waals surface area contributed by atoms with Gasteiger partial charge in [0.15, 0.2) is 11.6 Å². The predicted octanol–water partition coefficient (Wildman–Crippen LogP) is 10.7. The van der Waals surface area contributed by atoms with Crippen molar-refractivity contribution in [3.05, 3.63) is 175 Å². The number of allylic oxidation sites excluding steroid dienone is 1. The number of rotatable bonds is 2. The van der Waals surface area contributed by atoms with Crippen LogP contribution in [0.25, 0.3) is 16.6 Å². The van der Waals surface area contributed by atoms with Gasteiger partial charge >= 0.3 is 0 Å². The van der Waals surface area contributed by atoms with Crippen molar-refractivity contribution in [2.45, 2.75) is 24.7 Å². The smallest absolute Gasteiger partial charge is 0.179 e. The molecule has 0 N–H and O–H groups in total. The number of nitrogens with zero attached hydrogens (tertiary/aromatic N) is 6. The average molecular weight is 659 g/mol. The summed E-state index contributed by atoms with van der Waals surface area (Å²) >= 11 is 0. The molecule has 6 nitrogen and oxygen atoms in total. The number of hydrogen-bond donors (Lipinski definition) is 0. The molecule has 51 heavy (non-hydrogen) atoms. The van der Waals surface area contributed by atoms with Crippen molar-refractivity contribution in [2.75, 3.05) is 19.6 Å². The van der Waals surface area contributed by atoms with Gasteiger partial charge in [-0.3, -0.25) is 0 Å². The zero-order chi connectivity index (χ0) is 33.6. The minimum atomic E-state index is -0.148. The molecule has 4 aliphatic rings. The molecule has 11 rings (SSSR count). The monoisotopic (exact) mass is 658 g/mol. The van der Waals surface area contributed by atoms with Crippen LogP contribution in [0.4, 0.5) is 45.8 Å². The highest BCUT2D eigenvalue weighted by atomic mass is 15.5. The van der Waals surface area contributed by atoms with Crippen molar-refractivity contribution in [1.29, 1.82) is 0 Å². The fraction of sp³-hybridized carbons (Fsp3) is 0.111. The third-order valence-electron chi connectivity index (χ3n) is 11.3. The number of benzene rings is 6. The van der Waals surface area contributed by atoms with E-state index in [1.807, 2.05) is 12.1 Å². The maximum absolute atomic E-state index is 5.42. The average Bonchev–Trinajstić information content (AvgIpc) is 3.70. The van der Waals surface area contributed by atoms with Crippen LogP contribution in [0, 0.1) is 5.92 Å². The molecular formula is C45H34N6. The molecule has 4 atom stereocenters. The molecule has 0 saturated carbocycles. The lowest BCUT2D eigenvalue weighted by molar-refractivity contribution is 0.290. The standard InChI is InChI=1S/C45H34N6/c1-29-28-34-33-21-9-13-25-38(33)51-43-42(46-35-22-10-11-23-36(35)47-43)49(31-18-6-3-7-19-31)45(51)41(34)44-48(30-16-4-2-5-17-30)39-26-14-15-27-40(39)50(44)37-24-12-8-20-32(29)37/h2-27,34,41,44-45H,1,28H2. The van der Waals surface area contributed by atoms with Gasteiger partial charge < -0.3 is 19.6 Å². The molecule has 244 valence electrons. The molecule has 6 aromatic carbocycles. The van der Waals surface area contributed by atoms with Crippen LogP contribution in [0.2, 0.25) is 0 Å². The van der Waals surface area contributed by atoms with Crippen LogP contribution in [-0.2, 0) is 0 Å². The van der Waals surface area contributed by atoms with E-state index in [9.17, 15) is 0 Å².